The zero-order valence-electron chi connectivity index (χ0n) is 14.8. The molecule has 1 aromatic carbocycles. The van der Waals surface area contributed by atoms with E-state index in [0.29, 0.717) is 11.0 Å². The number of anilines is 1. The van der Waals surface area contributed by atoms with Crippen LogP contribution in [0, 0.1) is 0 Å². The zero-order valence-corrected chi connectivity index (χ0v) is 18.0. The lowest BCUT2D eigenvalue weighted by atomic mass is 9.98. The highest BCUT2D eigenvalue weighted by Gasteiger charge is 2.23. The summed E-state index contributed by atoms with van der Waals surface area (Å²) >= 11 is 6.16. The summed E-state index contributed by atoms with van der Waals surface area (Å²) < 4.78 is 0.886. The number of thiazole rings is 1. The molecule has 3 rings (SSSR count). The van der Waals surface area contributed by atoms with Gasteiger partial charge < -0.3 is 5.73 Å². The van der Waals surface area contributed by atoms with E-state index in [1.807, 2.05) is 37.3 Å². The molecule has 0 unspecified atom stereocenters. The van der Waals surface area contributed by atoms with Gasteiger partial charge in [0.05, 0.1) is 16.3 Å². The number of amides is 1. The average molecular weight is 463 g/mol. The fourth-order valence-electron chi connectivity index (χ4n) is 2.70. The molecule has 0 radical (unpaired) electrons. The van der Waals surface area contributed by atoms with Gasteiger partial charge in [0.15, 0.2) is 5.13 Å². The van der Waals surface area contributed by atoms with Crippen LogP contribution in [0.3, 0.4) is 0 Å². The summed E-state index contributed by atoms with van der Waals surface area (Å²) in [5, 5.41) is 3.33. The molecule has 1 heterocycles. The van der Waals surface area contributed by atoms with Crippen molar-refractivity contribution in [2.75, 3.05) is 11.1 Å². The number of amidine groups is 1. The SMILES string of the molecule is C=CC1=C(N=C(N)c2ccccc2Br)c2sc(NC(=O)SCC)nc2CC1. The Bertz CT molecular complexity index is 949. The minimum Gasteiger partial charge on any atom is -0.383 e. The van der Waals surface area contributed by atoms with Crippen LogP contribution >= 0.6 is 39.0 Å². The van der Waals surface area contributed by atoms with Crippen molar-refractivity contribution in [3.05, 3.63) is 63.1 Å². The molecule has 0 atom stereocenters. The van der Waals surface area contributed by atoms with Crippen LogP contribution in [0.2, 0.25) is 0 Å². The first kappa shape index (κ1) is 19.9. The molecule has 0 saturated carbocycles. The van der Waals surface area contributed by atoms with Crippen LogP contribution in [0.15, 0.2) is 52.0 Å². The molecular weight excluding hydrogens is 444 g/mol. The topological polar surface area (TPSA) is 80.4 Å². The largest absolute Gasteiger partial charge is 0.383 e. The molecule has 0 fully saturated rings. The zero-order chi connectivity index (χ0) is 19.4. The Balaban J connectivity index is 1.99. The Labute approximate surface area is 175 Å². The smallest absolute Gasteiger partial charge is 0.285 e. The van der Waals surface area contributed by atoms with Crippen molar-refractivity contribution >= 4 is 60.9 Å². The number of carbonyl (C=O) groups excluding carboxylic acids is 1. The van der Waals surface area contributed by atoms with Gasteiger partial charge in [0.25, 0.3) is 5.24 Å². The molecule has 140 valence electrons. The van der Waals surface area contributed by atoms with E-state index in [2.05, 4.69) is 32.8 Å². The van der Waals surface area contributed by atoms with Gasteiger partial charge in [-0.15, -0.1) is 0 Å². The van der Waals surface area contributed by atoms with E-state index in [1.54, 1.807) is 0 Å². The molecule has 1 aliphatic carbocycles. The van der Waals surface area contributed by atoms with Gasteiger partial charge >= 0.3 is 0 Å². The average Bonchev–Trinajstić information content (AvgIpc) is 3.05. The predicted molar refractivity (Wildman–Crippen MR) is 120 cm³/mol. The third-order valence-electron chi connectivity index (χ3n) is 3.96. The Hall–Kier alpha value is -1.90. The number of nitrogens with zero attached hydrogens (tertiary/aromatic N) is 2. The molecule has 1 aliphatic rings. The number of hydrogen-bond donors (Lipinski definition) is 2. The minimum atomic E-state index is -0.102. The number of thioether (sulfide) groups is 1. The van der Waals surface area contributed by atoms with E-state index >= 15 is 0 Å². The van der Waals surface area contributed by atoms with Crippen molar-refractivity contribution in [3.8, 4) is 0 Å². The van der Waals surface area contributed by atoms with Gasteiger partial charge in [-0.3, -0.25) is 10.1 Å². The number of halogens is 1. The second kappa shape index (κ2) is 8.86. The Morgan fingerprint density at radius 3 is 2.96 bits per heavy atom. The summed E-state index contributed by atoms with van der Waals surface area (Å²) in [7, 11) is 0. The van der Waals surface area contributed by atoms with Crippen molar-refractivity contribution in [1.29, 1.82) is 0 Å². The standard InChI is InChI=1S/C19H19BrN4OS2/c1-3-11-9-10-14-16(27-18(22-14)24-19(25)26-4-2)15(11)23-17(21)12-7-5-6-8-13(12)20/h3,5-8H,1,4,9-10H2,2H3,(H2,21,23)(H,22,24,25). The van der Waals surface area contributed by atoms with Crippen molar-refractivity contribution < 1.29 is 4.79 Å². The number of aromatic nitrogens is 1. The minimum absolute atomic E-state index is 0.102. The van der Waals surface area contributed by atoms with Gasteiger partial charge in [0.1, 0.15) is 5.84 Å². The number of carbonyl (C=O) groups is 1. The molecule has 2 aromatic rings. The Morgan fingerprint density at radius 2 is 2.26 bits per heavy atom. The fourth-order valence-corrected chi connectivity index (χ4v) is 4.72. The van der Waals surface area contributed by atoms with E-state index < -0.39 is 0 Å². The molecule has 0 spiro atoms. The van der Waals surface area contributed by atoms with E-state index in [-0.39, 0.29) is 5.24 Å². The highest BCUT2D eigenvalue weighted by molar-refractivity contribution is 9.10. The number of hydrogen-bond acceptors (Lipinski definition) is 5. The quantitative estimate of drug-likeness (QED) is 0.457. The fraction of sp³-hybridized carbons (Fsp3) is 0.211. The van der Waals surface area contributed by atoms with Crippen LogP contribution in [0.5, 0.6) is 0 Å². The number of aliphatic imine (C=N–C) groups is 1. The number of benzene rings is 1. The third-order valence-corrected chi connectivity index (χ3v) is 6.32. The molecular formula is C19H19BrN4OS2. The lowest BCUT2D eigenvalue weighted by Crippen LogP contribution is -2.15. The van der Waals surface area contributed by atoms with E-state index in [4.69, 9.17) is 10.7 Å². The van der Waals surface area contributed by atoms with Crippen molar-refractivity contribution in [1.82, 2.24) is 4.98 Å². The summed E-state index contributed by atoms with van der Waals surface area (Å²) in [5.74, 6) is 1.14. The summed E-state index contributed by atoms with van der Waals surface area (Å²) in [4.78, 5) is 22.1. The maximum absolute atomic E-state index is 11.9. The van der Waals surface area contributed by atoms with Crippen LogP contribution in [-0.2, 0) is 6.42 Å². The van der Waals surface area contributed by atoms with Crippen LogP contribution in [-0.4, -0.2) is 21.8 Å². The maximum Gasteiger partial charge on any atom is 0.285 e. The number of nitrogens with one attached hydrogen (secondary N) is 1. The highest BCUT2D eigenvalue weighted by Crippen LogP contribution is 2.39. The Kier molecular flexibility index (Phi) is 6.51. The van der Waals surface area contributed by atoms with Crippen LogP contribution in [0.4, 0.5) is 9.93 Å². The van der Waals surface area contributed by atoms with Gasteiger partial charge in [0.2, 0.25) is 0 Å². The Morgan fingerprint density at radius 1 is 1.48 bits per heavy atom. The first-order valence-electron chi connectivity index (χ1n) is 8.42. The summed E-state index contributed by atoms with van der Waals surface area (Å²) in [6, 6.07) is 7.70. The van der Waals surface area contributed by atoms with Gasteiger partial charge in [-0.2, -0.15) is 0 Å². The monoisotopic (exact) mass is 462 g/mol. The number of nitrogens with two attached hydrogens (primary N) is 1. The highest BCUT2D eigenvalue weighted by atomic mass is 79.9. The molecule has 1 aromatic heterocycles. The van der Waals surface area contributed by atoms with Crippen molar-refractivity contribution in [2.45, 2.75) is 19.8 Å². The maximum atomic E-state index is 11.9. The van der Waals surface area contributed by atoms with Crippen molar-refractivity contribution in [2.24, 2.45) is 10.7 Å². The molecule has 0 saturated heterocycles. The lowest BCUT2D eigenvalue weighted by Gasteiger charge is -2.15. The molecule has 1 amide bonds. The van der Waals surface area contributed by atoms with E-state index in [1.165, 1.54) is 23.1 Å². The lowest BCUT2D eigenvalue weighted by molar-refractivity contribution is 0.270. The van der Waals surface area contributed by atoms with E-state index in [0.717, 1.165) is 50.5 Å². The second-order valence-electron chi connectivity index (χ2n) is 5.70. The number of rotatable bonds is 5. The van der Waals surface area contributed by atoms with Crippen LogP contribution < -0.4 is 11.1 Å². The van der Waals surface area contributed by atoms with Crippen molar-refractivity contribution in [3.63, 3.8) is 0 Å². The normalized spacial score (nSPS) is 14.1. The number of allylic oxidation sites excluding steroid dienone is 2. The first-order valence-corrected chi connectivity index (χ1v) is 11.0. The summed E-state index contributed by atoms with van der Waals surface area (Å²) in [5.41, 5.74) is 9.86. The van der Waals surface area contributed by atoms with E-state index in [9.17, 15) is 4.79 Å². The second-order valence-corrected chi connectivity index (χ2v) is 8.79. The molecule has 8 heteroatoms. The molecule has 3 N–H and O–H groups in total. The molecule has 5 nitrogen and oxygen atoms in total. The van der Waals surface area contributed by atoms with Crippen LogP contribution in [0.25, 0.3) is 5.70 Å². The third kappa shape index (κ3) is 4.51. The number of fused-ring (bicyclic) bond motifs is 1. The summed E-state index contributed by atoms with van der Waals surface area (Å²) in [6.45, 7) is 5.86. The van der Waals surface area contributed by atoms with Gasteiger partial charge in [0, 0.05) is 10.0 Å². The van der Waals surface area contributed by atoms with Crippen LogP contribution in [0.1, 0.15) is 29.5 Å². The molecule has 27 heavy (non-hydrogen) atoms. The summed E-state index contributed by atoms with van der Waals surface area (Å²) in [6.07, 6.45) is 3.40. The predicted octanol–water partition coefficient (Wildman–Crippen LogP) is 5.44. The first-order chi connectivity index (χ1) is 13.0. The molecule has 0 bridgehead atoms. The van der Waals surface area contributed by atoms with Gasteiger partial charge in [-0.05, 0) is 30.2 Å². The molecule has 0 aliphatic heterocycles. The van der Waals surface area contributed by atoms with Gasteiger partial charge in [-0.1, -0.05) is 76.8 Å². The number of aryl methyl sites for hydroxylation is 1. The van der Waals surface area contributed by atoms with Gasteiger partial charge in [-0.25, -0.2) is 9.98 Å².